The monoisotopic (exact) mass is 380 g/mol. The molecule has 1 aliphatic rings. The number of aromatic nitrogens is 2. The van der Waals surface area contributed by atoms with E-state index in [0.29, 0.717) is 25.3 Å². The topological polar surface area (TPSA) is 59.0 Å². The van der Waals surface area contributed by atoms with Gasteiger partial charge in [-0.25, -0.2) is 9.07 Å². The van der Waals surface area contributed by atoms with E-state index >= 15 is 0 Å². The van der Waals surface area contributed by atoms with Gasteiger partial charge in [0.1, 0.15) is 5.82 Å². The van der Waals surface area contributed by atoms with E-state index in [9.17, 15) is 9.18 Å². The number of rotatable bonds is 7. The zero-order valence-electron chi connectivity index (χ0n) is 14.8. The Bertz CT molecular complexity index is 683. The van der Waals surface area contributed by atoms with Crippen LogP contribution in [0, 0.1) is 11.7 Å². The van der Waals surface area contributed by atoms with Crippen molar-refractivity contribution >= 4 is 18.3 Å². The third kappa shape index (κ3) is 6.11. The molecule has 1 aromatic carbocycles. The van der Waals surface area contributed by atoms with Gasteiger partial charge in [0.2, 0.25) is 5.91 Å². The smallest absolute Gasteiger partial charge is 0.220 e. The number of amides is 1. The summed E-state index contributed by atoms with van der Waals surface area (Å²) in [6.07, 6.45) is 6.47. The molecule has 1 amide bonds. The van der Waals surface area contributed by atoms with E-state index in [-0.39, 0.29) is 24.1 Å². The fraction of sp³-hybridized carbons (Fsp3) is 0.474. The molecule has 1 saturated heterocycles. The van der Waals surface area contributed by atoms with Crippen LogP contribution in [0.15, 0.2) is 36.5 Å². The third-order valence-electron chi connectivity index (χ3n) is 4.68. The lowest BCUT2D eigenvalue weighted by Crippen LogP contribution is -2.30. The molecule has 2 heterocycles. The van der Waals surface area contributed by atoms with Crippen molar-refractivity contribution < 1.29 is 9.18 Å². The van der Waals surface area contributed by atoms with Gasteiger partial charge in [0.25, 0.3) is 0 Å². The van der Waals surface area contributed by atoms with E-state index in [0.717, 1.165) is 30.9 Å². The highest BCUT2D eigenvalue weighted by Crippen LogP contribution is 2.17. The van der Waals surface area contributed by atoms with Crippen molar-refractivity contribution in [1.29, 1.82) is 0 Å². The summed E-state index contributed by atoms with van der Waals surface area (Å²) in [4.78, 5) is 11.9. The predicted octanol–water partition coefficient (Wildman–Crippen LogP) is 2.87. The molecule has 0 spiro atoms. The number of benzene rings is 1. The number of hydrogen-bond acceptors (Lipinski definition) is 3. The second-order valence-electron chi connectivity index (χ2n) is 6.56. The van der Waals surface area contributed by atoms with Crippen LogP contribution in [0.3, 0.4) is 0 Å². The van der Waals surface area contributed by atoms with Gasteiger partial charge in [0.15, 0.2) is 0 Å². The van der Waals surface area contributed by atoms with Crippen molar-refractivity contribution in [3.05, 3.63) is 48.0 Å². The highest BCUT2D eigenvalue weighted by atomic mass is 35.5. The molecule has 5 nitrogen and oxygen atoms in total. The third-order valence-corrected chi connectivity index (χ3v) is 4.68. The van der Waals surface area contributed by atoms with E-state index in [2.05, 4.69) is 15.7 Å². The Morgan fingerprint density at radius 3 is 2.69 bits per heavy atom. The summed E-state index contributed by atoms with van der Waals surface area (Å²) >= 11 is 0. The largest absolute Gasteiger partial charge is 0.356 e. The first kappa shape index (κ1) is 20.4. The van der Waals surface area contributed by atoms with Gasteiger partial charge in [-0.1, -0.05) is 0 Å². The molecule has 0 unspecified atom stereocenters. The molecule has 2 aromatic rings. The number of piperidine rings is 1. The molecule has 0 atom stereocenters. The zero-order chi connectivity index (χ0) is 17.5. The minimum atomic E-state index is -0.261. The van der Waals surface area contributed by atoms with Crippen LogP contribution in [0.2, 0.25) is 0 Å². The molecule has 0 radical (unpaired) electrons. The van der Waals surface area contributed by atoms with Crippen molar-refractivity contribution in [3.8, 4) is 5.69 Å². The van der Waals surface area contributed by atoms with E-state index in [1.54, 1.807) is 16.8 Å². The summed E-state index contributed by atoms with van der Waals surface area (Å²) in [6.45, 7) is 2.73. The predicted molar refractivity (Wildman–Crippen MR) is 102 cm³/mol. The molecule has 26 heavy (non-hydrogen) atoms. The van der Waals surface area contributed by atoms with Gasteiger partial charge < -0.3 is 10.6 Å². The highest BCUT2D eigenvalue weighted by molar-refractivity contribution is 5.85. The number of nitrogens with one attached hydrogen (secondary N) is 2. The second kappa shape index (κ2) is 10.3. The van der Waals surface area contributed by atoms with E-state index in [1.165, 1.54) is 25.0 Å². The highest BCUT2D eigenvalue weighted by Gasteiger charge is 2.14. The Kier molecular flexibility index (Phi) is 8.06. The lowest BCUT2D eigenvalue weighted by molar-refractivity contribution is -0.121. The van der Waals surface area contributed by atoms with Crippen LogP contribution >= 0.6 is 12.4 Å². The fourth-order valence-corrected chi connectivity index (χ4v) is 3.16. The van der Waals surface area contributed by atoms with Gasteiger partial charge in [-0.15, -0.1) is 12.4 Å². The number of nitrogens with zero attached hydrogens (tertiary/aromatic N) is 2. The normalized spacial score (nSPS) is 14.7. The maximum atomic E-state index is 13.0. The van der Waals surface area contributed by atoms with Crippen LogP contribution in [0.5, 0.6) is 0 Å². The van der Waals surface area contributed by atoms with Crippen LogP contribution in [0.25, 0.3) is 5.69 Å². The van der Waals surface area contributed by atoms with E-state index in [1.807, 2.05) is 12.3 Å². The molecule has 0 saturated carbocycles. The molecule has 3 rings (SSSR count). The maximum Gasteiger partial charge on any atom is 0.220 e. The van der Waals surface area contributed by atoms with Gasteiger partial charge in [0.05, 0.1) is 11.4 Å². The zero-order valence-corrected chi connectivity index (χ0v) is 15.6. The first-order valence-corrected chi connectivity index (χ1v) is 8.98. The fourth-order valence-electron chi connectivity index (χ4n) is 3.16. The van der Waals surface area contributed by atoms with Crippen molar-refractivity contribution in [2.45, 2.75) is 32.1 Å². The molecule has 7 heteroatoms. The molecule has 1 aliphatic heterocycles. The Balaban J connectivity index is 0.00000243. The van der Waals surface area contributed by atoms with Gasteiger partial charge >= 0.3 is 0 Å². The van der Waals surface area contributed by atoms with Crippen molar-refractivity contribution in [2.24, 2.45) is 5.92 Å². The lowest BCUT2D eigenvalue weighted by Gasteiger charge is -2.22. The van der Waals surface area contributed by atoms with Crippen LogP contribution in [0.4, 0.5) is 4.39 Å². The molecule has 2 N–H and O–H groups in total. The van der Waals surface area contributed by atoms with Crippen LogP contribution in [-0.4, -0.2) is 35.3 Å². The standard InChI is InChI=1S/C19H25FN4O.ClH/c20-16-2-4-18(5-3-16)24-14-10-17(23-24)9-13-22-19(25)6-1-15-7-11-21-12-8-15;/h2-5,10,14-15,21H,1,6-9,11-13H2,(H,22,25);1H. The Morgan fingerprint density at radius 1 is 1.23 bits per heavy atom. The minimum Gasteiger partial charge on any atom is -0.356 e. The molecule has 142 valence electrons. The van der Waals surface area contributed by atoms with Crippen molar-refractivity contribution in [1.82, 2.24) is 20.4 Å². The van der Waals surface area contributed by atoms with Crippen molar-refractivity contribution in [2.75, 3.05) is 19.6 Å². The van der Waals surface area contributed by atoms with Gasteiger partial charge in [0, 0.05) is 25.6 Å². The molecular formula is C19H26ClFN4O. The first-order chi connectivity index (χ1) is 12.2. The molecule has 0 bridgehead atoms. The summed E-state index contributed by atoms with van der Waals surface area (Å²) in [7, 11) is 0. The van der Waals surface area contributed by atoms with Crippen LogP contribution in [-0.2, 0) is 11.2 Å². The Morgan fingerprint density at radius 2 is 1.96 bits per heavy atom. The Labute approximate surface area is 159 Å². The average molecular weight is 381 g/mol. The summed E-state index contributed by atoms with van der Waals surface area (Å²) in [5.74, 6) is 0.540. The summed E-state index contributed by atoms with van der Waals surface area (Å²) in [5.41, 5.74) is 1.72. The summed E-state index contributed by atoms with van der Waals surface area (Å²) in [5, 5.41) is 10.8. The molecular weight excluding hydrogens is 355 g/mol. The van der Waals surface area contributed by atoms with E-state index in [4.69, 9.17) is 0 Å². The number of halogens is 2. The lowest BCUT2D eigenvalue weighted by atomic mass is 9.93. The van der Waals surface area contributed by atoms with Gasteiger partial charge in [-0.05, 0) is 68.6 Å². The Hall–Kier alpha value is -1.92. The number of carbonyl (C=O) groups excluding carboxylic acids is 1. The maximum absolute atomic E-state index is 13.0. The van der Waals surface area contributed by atoms with Gasteiger partial charge in [-0.2, -0.15) is 5.10 Å². The van der Waals surface area contributed by atoms with E-state index < -0.39 is 0 Å². The van der Waals surface area contributed by atoms with Crippen molar-refractivity contribution in [3.63, 3.8) is 0 Å². The average Bonchev–Trinajstić information content (AvgIpc) is 3.10. The molecule has 1 fully saturated rings. The number of hydrogen-bond donors (Lipinski definition) is 2. The number of carbonyl (C=O) groups is 1. The quantitative estimate of drug-likeness (QED) is 0.776. The summed E-state index contributed by atoms with van der Waals surface area (Å²) < 4.78 is 14.7. The van der Waals surface area contributed by atoms with Crippen LogP contribution < -0.4 is 10.6 Å². The molecule has 1 aromatic heterocycles. The minimum absolute atomic E-state index is 0. The second-order valence-corrected chi connectivity index (χ2v) is 6.56. The van der Waals surface area contributed by atoms with Gasteiger partial charge in [-0.3, -0.25) is 4.79 Å². The SMILES string of the molecule is Cl.O=C(CCC1CCNCC1)NCCc1ccn(-c2ccc(F)cc2)n1. The molecule has 0 aliphatic carbocycles. The first-order valence-electron chi connectivity index (χ1n) is 8.98. The summed E-state index contributed by atoms with van der Waals surface area (Å²) in [6, 6.07) is 8.13. The van der Waals surface area contributed by atoms with Crippen LogP contribution in [0.1, 0.15) is 31.4 Å².